The van der Waals surface area contributed by atoms with Crippen molar-refractivity contribution in [3.05, 3.63) is 72.5 Å². The van der Waals surface area contributed by atoms with E-state index in [-0.39, 0.29) is 24.1 Å². The van der Waals surface area contributed by atoms with E-state index in [0.29, 0.717) is 17.4 Å². The number of thioether (sulfide) groups is 1. The molecule has 7 nitrogen and oxygen atoms in total. The first-order chi connectivity index (χ1) is 18.1. The number of hydrogen-bond acceptors (Lipinski definition) is 6. The fourth-order valence-electron chi connectivity index (χ4n) is 4.54. The highest BCUT2D eigenvalue weighted by molar-refractivity contribution is 8.15. The predicted octanol–water partition coefficient (Wildman–Crippen LogP) is 4.66. The van der Waals surface area contributed by atoms with Gasteiger partial charge in [0.25, 0.3) is 0 Å². The Bertz CT molecular complexity index is 1290. The lowest BCUT2D eigenvalue weighted by atomic mass is 10.1. The lowest BCUT2D eigenvalue weighted by Gasteiger charge is -2.27. The SMILES string of the molecule is O=C(CC1SC(=Nc2ccc(F)cc2)N(CCCN2CCOCC2)C1=O)Nc1cccc2ccccc12. The fourth-order valence-corrected chi connectivity index (χ4v) is 5.72. The highest BCUT2D eigenvalue weighted by atomic mass is 32.2. The lowest BCUT2D eigenvalue weighted by Crippen LogP contribution is -2.39. The van der Waals surface area contributed by atoms with Crippen molar-refractivity contribution in [2.75, 3.05) is 44.7 Å². The first-order valence-electron chi connectivity index (χ1n) is 12.5. The standard InChI is InChI=1S/C28H29FN4O3S/c29-21-9-11-22(12-10-21)30-28-33(14-4-13-32-15-17-36-18-16-32)27(35)25(37-28)19-26(34)31-24-8-3-6-20-5-1-2-7-23(20)24/h1-3,5-12,25H,4,13-19H2,(H,31,34). The minimum Gasteiger partial charge on any atom is -0.379 e. The first kappa shape index (κ1) is 25.4. The van der Waals surface area contributed by atoms with Crippen LogP contribution >= 0.6 is 11.8 Å². The molecule has 2 amide bonds. The second kappa shape index (κ2) is 11.9. The summed E-state index contributed by atoms with van der Waals surface area (Å²) in [5, 5.41) is 4.94. The number of morpholine rings is 1. The summed E-state index contributed by atoms with van der Waals surface area (Å²) in [5.74, 6) is -0.691. The second-order valence-electron chi connectivity index (χ2n) is 9.05. The molecule has 1 atom stereocenters. The summed E-state index contributed by atoms with van der Waals surface area (Å²) in [6.45, 7) is 4.58. The van der Waals surface area contributed by atoms with Gasteiger partial charge in [-0.3, -0.25) is 19.4 Å². The zero-order chi connectivity index (χ0) is 25.6. The topological polar surface area (TPSA) is 74.2 Å². The minimum absolute atomic E-state index is 0.0368. The van der Waals surface area contributed by atoms with E-state index in [0.717, 1.165) is 55.7 Å². The van der Waals surface area contributed by atoms with E-state index in [4.69, 9.17) is 4.74 Å². The summed E-state index contributed by atoms with van der Waals surface area (Å²) in [4.78, 5) is 35.0. The summed E-state index contributed by atoms with van der Waals surface area (Å²) >= 11 is 1.29. The molecule has 0 aliphatic carbocycles. The molecule has 2 saturated heterocycles. The molecule has 192 valence electrons. The normalized spacial score (nSPS) is 19.6. The van der Waals surface area contributed by atoms with Crippen LogP contribution in [0.15, 0.2) is 71.7 Å². The second-order valence-corrected chi connectivity index (χ2v) is 10.2. The first-order valence-corrected chi connectivity index (χ1v) is 13.3. The summed E-state index contributed by atoms with van der Waals surface area (Å²) in [7, 11) is 0. The molecule has 1 N–H and O–H groups in total. The molecule has 5 rings (SSSR count). The molecule has 2 aliphatic heterocycles. The summed E-state index contributed by atoms with van der Waals surface area (Å²) in [6, 6.07) is 19.5. The van der Waals surface area contributed by atoms with Crippen LogP contribution in [0.25, 0.3) is 10.8 Å². The van der Waals surface area contributed by atoms with Crippen molar-refractivity contribution in [3.63, 3.8) is 0 Å². The van der Waals surface area contributed by atoms with Gasteiger partial charge >= 0.3 is 0 Å². The highest BCUT2D eigenvalue weighted by Gasteiger charge is 2.39. The molecule has 1 unspecified atom stereocenters. The van der Waals surface area contributed by atoms with Gasteiger partial charge in [0, 0.05) is 43.7 Å². The Labute approximate surface area is 219 Å². The number of benzene rings is 3. The number of halogens is 1. The highest BCUT2D eigenvalue weighted by Crippen LogP contribution is 2.32. The fraction of sp³-hybridized carbons (Fsp3) is 0.321. The summed E-state index contributed by atoms with van der Waals surface area (Å²) < 4.78 is 18.8. The Morgan fingerprint density at radius 2 is 1.78 bits per heavy atom. The van der Waals surface area contributed by atoms with E-state index in [1.807, 2.05) is 42.5 Å². The van der Waals surface area contributed by atoms with Crippen molar-refractivity contribution in [1.29, 1.82) is 0 Å². The molecule has 3 aromatic carbocycles. The molecular weight excluding hydrogens is 491 g/mol. The lowest BCUT2D eigenvalue weighted by molar-refractivity contribution is -0.128. The monoisotopic (exact) mass is 520 g/mol. The molecule has 0 radical (unpaired) electrons. The van der Waals surface area contributed by atoms with Crippen molar-refractivity contribution < 1.29 is 18.7 Å². The van der Waals surface area contributed by atoms with Crippen LogP contribution in [-0.2, 0) is 14.3 Å². The number of amidine groups is 1. The number of rotatable bonds is 8. The number of carbonyl (C=O) groups is 2. The van der Waals surface area contributed by atoms with Crippen LogP contribution in [-0.4, -0.2) is 71.4 Å². The van der Waals surface area contributed by atoms with Gasteiger partial charge in [-0.15, -0.1) is 0 Å². The maximum absolute atomic E-state index is 13.4. The van der Waals surface area contributed by atoms with Gasteiger partial charge in [0.1, 0.15) is 11.1 Å². The Kier molecular flexibility index (Phi) is 8.13. The van der Waals surface area contributed by atoms with Crippen molar-refractivity contribution >= 4 is 50.9 Å². The van der Waals surface area contributed by atoms with Gasteiger partial charge in [-0.1, -0.05) is 48.2 Å². The van der Waals surface area contributed by atoms with Crippen LogP contribution in [0.5, 0.6) is 0 Å². The third-order valence-corrected chi connectivity index (χ3v) is 7.64. The van der Waals surface area contributed by atoms with Crippen LogP contribution in [0.4, 0.5) is 15.8 Å². The quantitative estimate of drug-likeness (QED) is 0.468. The van der Waals surface area contributed by atoms with E-state index >= 15 is 0 Å². The number of nitrogens with zero attached hydrogens (tertiary/aromatic N) is 3. The Morgan fingerprint density at radius 3 is 2.59 bits per heavy atom. The molecular formula is C28H29FN4O3S. The zero-order valence-corrected chi connectivity index (χ0v) is 21.3. The summed E-state index contributed by atoms with van der Waals surface area (Å²) in [6.07, 6.45) is 0.818. The largest absolute Gasteiger partial charge is 0.379 e. The van der Waals surface area contributed by atoms with Gasteiger partial charge in [-0.05, 0) is 42.1 Å². The van der Waals surface area contributed by atoms with Gasteiger partial charge in [-0.25, -0.2) is 9.38 Å². The average Bonchev–Trinajstić information content (AvgIpc) is 3.19. The number of fused-ring (bicyclic) bond motifs is 1. The number of ether oxygens (including phenoxy) is 1. The molecule has 0 saturated carbocycles. The van der Waals surface area contributed by atoms with Gasteiger partial charge in [0.05, 0.1) is 18.9 Å². The minimum atomic E-state index is -0.572. The van der Waals surface area contributed by atoms with Crippen molar-refractivity contribution in [1.82, 2.24) is 9.80 Å². The maximum atomic E-state index is 13.4. The van der Waals surface area contributed by atoms with Gasteiger partial charge in [-0.2, -0.15) is 0 Å². The van der Waals surface area contributed by atoms with Crippen LogP contribution in [0.2, 0.25) is 0 Å². The van der Waals surface area contributed by atoms with Crippen LogP contribution in [0, 0.1) is 5.82 Å². The molecule has 2 aliphatic rings. The van der Waals surface area contributed by atoms with E-state index in [2.05, 4.69) is 15.2 Å². The predicted molar refractivity (Wildman–Crippen MR) is 146 cm³/mol. The molecule has 0 bridgehead atoms. The molecule has 0 aromatic heterocycles. The number of nitrogens with one attached hydrogen (secondary N) is 1. The van der Waals surface area contributed by atoms with Crippen LogP contribution in [0.3, 0.4) is 0 Å². The van der Waals surface area contributed by atoms with E-state index < -0.39 is 5.25 Å². The third kappa shape index (κ3) is 6.36. The molecule has 3 aromatic rings. The van der Waals surface area contributed by atoms with Crippen LogP contribution < -0.4 is 5.32 Å². The number of hydrogen-bond donors (Lipinski definition) is 1. The van der Waals surface area contributed by atoms with Crippen molar-refractivity contribution in [3.8, 4) is 0 Å². The number of anilines is 1. The number of carbonyl (C=O) groups excluding carboxylic acids is 2. The Balaban J connectivity index is 1.28. The van der Waals surface area contributed by atoms with Crippen LogP contribution in [0.1, 0.15) is 12.8 Å². The Hall–Kier alpha value is -3.27. The zero-order valence-electron chi connectivity index (χ0n) is 20.4. The number of aliphatic imine (C=N–C) groups is 1. The van der Waals surface area contributed by atoms with E-state index in [9.17, 15) is 14.0 Å². The van der Waals surface area contributed by atoms with E-state index in [1.54, 1.807) is 17.0 Å². The van der Waals surface area contributed by atoms with Crippen molar-refractivity contribution in [2.45, 2.75) is 18.1 Å². The van der Waals surface area contributed by atoms with E-state index in [1.165, 1.54) is 23.9 Å². The molecule has 37 heavy (non-hydrogen) atoms. The van der Waals surface area contributed by atoms with Gasteiger partial charge in [0.15, 0.2) is 5.17 Å². The van der Waals surface area contributed by atoms with Crippen molar-refractivity contribution in [2.24, 2.45) is 4.99 Å². The number of amides is 2. The summed E-state index contributed by atoms with van der Waals surface area (Å²) in [5.41, 5.74) is 1.29. The third-order valence-electron chi connectivity index (χ3n) is 6.47. The Morgan fingerprint density at radius 1 is 1.03 bits per heavy atom. The maximum Gasteiger partial charge on any atom is 0.242 e. The molecule has 2 fully saturated rings. The molecule has 0 spiro atoms. The average molecular weight is 521 g/mol. The van der Waals surface area contributed by atoms with Gasteiger partial charge < -0.3 is 10.1 Å². The molecule has 9 heteroatoms. The molecule has 2 heterocycles. The van der Waals surface area contributed by atoms with Gasteiger partial charge in [0.2, 0.25) is 11.8 Å². The smallest absolute Gasteiger partial charge is 0.242 e.